The van der Waals surface area contributed by atoms with Gasteiger partial charge in [0.25, 0.3) is 0 Å². The molecule has 0 heterocycles. The topological polar surface area (TPSA) is 0 Å². The predicted molar refractivity (Wildman–Crippen MR) is 0 cm³/mol. The second-order valence-corrected chi connectivity index (χ2v) is 0. The van der Waals surface area contributed by atoms with Crippen molar-refractivity contribution in [3.8, 4) is 0 Å². The Labute approximate surface area is 278 Å². The molecule has 0 saturated carbocycles. The summed E-state index contributed by atoms with van der Waals surface area (Å²) in [6, 6.07) is 0. The van der Waals surface area contributed by atoms with Crippen molar-refractivity contribution < 1.29 is 286 Å². The molecular formula is Pd14. The molecule has 0 rings (SSSR count). The first-order valence-electron chi connectivity index (χ1n) is 0. The van der Waals surface area contributed by atoms with E-state index in [0.29, 0.717) is 0 Å². The van der Waals surface area contributed by atoms with Crippen LogP contribution in [0.4, 0.5) is 0 Å². The normalized spacial score (nSPS) is 0. The molecule has 0 aliphatic heterocycles. The van der Waals surface area contributed by atoms with Crippen molar-refractivity contribution in [1.82, 2.24) is 0 Å². The van der Waals surface area contributed by atoms with E-state index in [9.17, 15) is 0 Å². The third-order valence-electron chi connectivity index (χ3n) is 0. The summed E-state index contributed by atoms with van der Waals surface area (Å²) in [5.41, 5.74) is 0. The minimum Gasteiger partial charge on any atom is 0 e. The standard InChI is InChI=1S/14Pd. The van der Waals surface area contributed by atoms with Crippen molar-refractivity contribution in [1.29, 1.82) is 0 Å². The molecule has 0 fully saturated rings. The van der Waals surface area contributed by atoms with Crippen LogP contribution in [0.3, 0.4) is 0 Å². The van der Waals surface area contributed by atoms with Gasteiger partial charge in [-0.25, -0.2) is 0 Å². The van der Waals surface area contributed by atoms with Crippen molar-refractivity contribution in [3.63, 3.8) is 0 Å². The second-order valence-electron chi connectivity index (χ2n) is 0. The fourth-order valence-corrected chi connectivity index (χ4v) is 0. The summed E-state index contributed by atoms with van der Waals surface area (Å²) in [6.45, 7) is 0. The smallest absolute Gasteiger partial charge is 0 e. The van der Waals surface area contributed by atoms with Crippen LogP contribution in [0.15, 0.2) is 0 Å². The summed E-state index contributed by atoms with van der Waals surface area (Å²) in [5.74, 6) is 0. The van der Waals surface area contributed by atoms with Crippen molar-refractivity contribution in [2.24, 2.45) is 0 Å². The molecule has 0 nitrogen and oxygen atoms in total. The summed E-state index contributed by atoms with van der Waals surface area (Å²) >= 11 is 0. The zero-order valence-corrected chi connectivity index (χ0v) is 26.2. The Morgan fingerprint density at radius 2 is 0.0714 bits per heavy atom. The average molecular weight is 1490 g/mol. The number of hydrogen-bond donors (Lipinski definition) is 0. The van der Waals surface area contributed by atoms with Gasteiger partial charge in [0.1, 0.15) is 0 Å². The van der Waals surface area contributed by atoms with E-state index in [1.807, 2.05) is 0 Å². The van der Waals surface area contributed by atoms with Gasteiger partial charge in [0.05, 0.1) is 0 Å². The van der Waals surface area contributed by atoms with Crippen LogP contribution in [0.5, 0.6) is 0 Å². The fraction of sp³-hybridized carbons (Fsp3) is 0. The molecule has 0 N–H and O–H groups in total. The van der Waals surface area contributed by atoms with E-state index in [4.69, 9.17) is 0 Å². The average Bonchev–Trinajstić information content (AvgIpc) is 0. The zero-order chi connectivity index (χ0) is 0. The molecule has 0 saturated heterocycles. The van der Waals surface area contributed by atoms with Gasteiger partial charge in [-0.15, -0.1) is 0 Å². The fourth-order valence-electron chi connectivity index (χ4n) is 0. The van der Waals surface area contributed by atoms with E-state index in [-0.39, 0.29) is 286 Å². The van der Waals surface area contributed by atoms with Gasteiger partial charge in [0.2, 0.25) is 0 Å². The maximum atomic E-state index is 0. The third kappa shape index (κ3) is 102. The summed E-state index contributed by atoms with van der Waals surface area (Å²) in [4.78, 5) is 0. The van der Waals surface area contributed by atoms with Crippen LogP contribution in [-0.4, -0.2) is 0 Å². The summed E-state index contributed by atoms with van der Waals surface area (Å²) in [7, 11) is 0. The van der Waals surface area contributed by atoms with Crippen LogP contribution in [0.2, 0.25) is 0 Å². The largest absolute Gasteiger partial charge is 0 e. The van der Waals surface area contributed by atoms with E-state index >= 15 is 0 Å². The van der Waals surface area contributed by atoms with E-state index in [0.717, 1.165) is 0 Å². The second kappa shape index (κ2) is 117. The first kappa shape index (κ1) is 134. The summed E-state index contributed by atoms with van der Waals surface area (Å²) in [6.07, 6.45) is 0. The molecular weight excluding hydrogens is 1490 g/mol. The molecule has 0 atom stereocenters. The van der Waals surface area contributed by atoms with Gasteiger partial charge in [-0.3, -0.25) is 0 Å². The maximum absolute atomic E-state index is 0. The molecule has 0 bridgehead atoms. The number of rotatable bonds is 0. The molecule has 0 aliphatic carbocycles. The van der Waals surface area contributed by atoms with Crippen molar-refractivity contribution in [3.05, 3.63) is 0 Å². The van der Waals surface area contributed by atoms with Gasteiger partial charge in [0.15, 0.2) is 0 Å². The maximum Gasteiger partial charge on any atom is 0 e. The Hall–Kier alpha value is 9.27. The minimum absolute atomic E-state index is 0. The van der Waals surface area contributed by atoms with Crippen molar-refractivity contribution >= 4 is 0 Å². The zero-order valence-electron chi connectivity index (χ0n) is 4.43. The molecule has 14 heteroatoms. The molecule has 0 radical (unpaired) electrons. The molecule has 14 heavy (non-hydrogen) atoms. The third-order valence-corrected chi connectivity index (χ3v) is 0. The van der Waals surface area contributed by atoms with Gasteiger partial charge >= 0.3 is 0 Å². The number of hydrogen-bond acceptors (Lipinski definition) is 0. The Morgan fingerprint density at radius 1 is 0.0714 bits per heavy atom. The van der Waals surface area contributed by atoms with Crippen molar-refractivity contribution in [2.45, 2.75) is 0 Å². The summed E-state index contributed by atoms with van der Waals surface area (Å²) < 4.78 is 0. The van der Waals surface area contributed by atoms with E-state index < -0.39 is 0 Å². The Morgan fingerprint density at radius 3 is 0.0714 bits per heavy atom. The summed E-state index contributed by atoms with van der Waals surface area (Å²) in [5, 5.41) is 0. The van der Waals surface area contributed by atoms with E-state index in [1.54, 1.807) is 0 Å². The molecule has 0 aliphatic rings. The van der Waals surface area contributed by atoms with Crippen molar-refractivity contribution in [2.75, 3.05) is 0 Å². The van der Waals surface area contributed by atoms with Gasteiger partial charge < -0.3 is 0 Å². The van der Waals surface area contributed by atoms with Gasteiger partial charge in [0, 0.05) is 286 Å². The predicted octanol–water partition coefficient (Wildman–Crippen LogP) is -0.0350. The van der Waals surface area contributed by atoms with Crippen LogP contribution < -0.4 is 0 Å². The first-order chi connectivity index (χ1) is 0. The monoisotopic (exact) mass is 1480 g/mol. The first-order valence-corrected chi connectivity index (χ1v) is 0. The molecule has 140 valence electrons. The van der Waals surface area contributed by atoms with Crippen LogP contribution >= 0.6 is 0 Å². The minimum atomic E-state index is 0. The van der Waals surface area contributed by atoms with E-state index in [1.165, 1.54) is 0 Å². The van der Waals surface area contributed by atoms with Crippen LogP contribution in [0.1, 0.15) is 0 Å². The Kier molecular flexibility index (Phi) is 1120. The quantitative estimate of drug-likeness (QED) is 0.300. The van der Waals surface area contributed by atoms with Crippen LogP contribution in [-0.2, 0) is 286 Å². The molecule has 0 amide bonds. The Balaban J connectivity index is 0. The Bertz CT molecular complexity index is 0. The molecule has 0 spiro atoms. The molecule has 0 aromatic rings. The van der Waals surface area contributed by atoms with Gasteiger partial charge in [-0.2, -0.15) is 0 Å². The molecule has 0 aromatic heterocycles. The van der Waals surface area contributed by atoms with Crippen LogP contribution in [0, 0.1) is 0 Å². The van der Waals surface area contributed by atoms with E-state index in [2.05, 4.69) is 0 Å². The molecule has 0 aromatic carbocycles. The SMILES string of the molecule is [Pd].[Pd].[Pd].[Pd].[Pd].[Pd].[Pd].[Pd].[Pd].[Pd].[Pd].[Pd].[Pd].[Pd]. The molecule has 0 unspecified atom stereocenters. The van der Waals surface area contributed by atoms with Crippen LogP contribution in [0.25, 0.3) is 0 Å². The van der Waals surface area contributed by atoms with Gasteiger partial charge in [-0.1, -0.05) is 0 Å². The van der Waals surface area contributed by atoms with Gasteiger partial charge in [-0.05, 0) is 0 Å².